The maximum Gasteiger partial charge on any atom is 0.303 e. The van der Waals surface area contributed by atoms with Crippen molar-refractivity contribution in [3.63, 3.8) is 0 Å². The molecule has 2 aliphatic heterocycles. The summed E-state index contributed by atoms with van der Waals surface area (Å²) in [5, 5.41) is 11.0. The Kier molecular flexibility index (Phi) is 8.25. The van der Waals surface area contributed by atoms with Crippen LogP contribution in [-0.2, 0) is 59.8 Å². The Balaban J connectivity index is 1.65. The fourth-order valence-corrected chi connectivity index (χ4v) is 6.69. The molecule has 0 spiro atoms. The molecule has 2 aromatic carbocycles. The number of fused-ring (bicyclic) bond motifs is 3. The van der Waals surface area contributed by atoms with Gasteiger partial charge in [-0.25, -0.2) is 0 Å². The van der Waals surface area contributed by atoms with Crippen molar-refractivity contribution in [3.8, 4) is 6.07 Å². The van der Waals surface area contributed by atoms with E-state index >= 15 is 0 Å². The SMILES string of the molecule is CC(=O)OC[C@@]12CO[C@@](c3ccc(C#N)c(Cc4cc5ccccc5s4)c3)(O1)[C@H](OC(C)=O)[C@@H](OC(C)=O)[C@@H]2OC(C)=O. The van der Waals surface area contributed by atoms with Crippen LogP contribution in [0.4, 0.5) is 0 Å². The molecule has 5 atom stereocenters. The number of nitrogens with zero attached hydrogens (tertiary/aromatic N) is 1. The summed E-state index contributed by atoms with van der Waals surface area (Å²) in [4.78, 5) is 49.8. The average molecular weight is 608 g/mol. The highest BCUT2D eigenvalue weighted by molar-refractivity contribution is 7.19. The minimum absolute atomic E-state index is 0.278. The van der Waals surface area contributed by atoms with Crippen molar-refractivity contribution in [1.29, 1.82) is 5.26 Å². The highest BCUT2D eigenvalue weighted by atomic mass is 32.1. The molecule has 43 heavy (non-hydrogen) atoms. The maximum atomic E-state index is 12.4. The van der Waals surface area contributed by atoms with Crippen molar-refractivity contribution in [2.75, 3.05) is 13.2 Å². The number of carbonyl (C=O) groups is 4. The summed E-state index contributed by atoms with van der Waals surface area (Å²) in [5.41, 5.74) is -0.209. The van der Waals surface area contributed by atoms with E-state index in [1.807, 2.05) is 24.3 Å². The van der Waals surface area contributed by atoms with Gasteiger partial charge in [0.15, 0.2) is 17.8 Å². The molecule has 0 N–H and O–H groups in total. The van der Waals surface area contributed by atoms with Gasteiger partial charge in [0.25, 0.3) is 0 Å². The molecular formula is C31H29NO10S. The highest BCUT2D eigenvalue weighted by Crippen LogP contribution is 2.53. The van der Waals surface area contributed by atoms with Crippen molar-refractivity contribution in [2.45, 2.75) is 63.8 Å². The fraction of sp³-hybridized carbons (Fsp3) is 0.387. The van der Waals surface area contributed by atoms with Crippen molar-refractivity contribution in [1.82, 2.24) is 0 Å². The first-order chi connectivity index (χ1) is 20.5. The number of benzene rings is 2. The van der Waals surface area contributed by atoms with Gasteiger partial charge in [-0.1, -0.05) is 24.3 Å². The van der Waals surface area contributed by atoms with Gasteiger partial charge >= 0.3 is 23.9 Å². The zero-order chi connectivity index (χ0) is 30.9. The largest absolute Gasteiger partial charge is 0.463 e. The van der Waals surface area contributed by atoms with Crippen LogP contribution in [0.3, 0.4) is 0 Å². The Morgan fingerprint density at radius 1 is 0.930 bits per heavy atom. The van der Waals surface area contributed by atoms with Crippen molar-refractivity contribution in [2.24, 2.45) is 0 Å². The van der Waals surface area contributed by atoms with Crippen molar-refractivity contribution < 1.29 is 47.6 Å². The highest BCUT2D eigenvalue weighted by Gasteiger charge is 2.72. The molecule has 2 saturated heterocycles. The van der Waals surface area contributed by atoms with Crippen LogP contribution in [0.15, 0.2) is 48.5 Å². The molecule has 5 rings (SSSR count). The lowest BCUT2D eigenvalue weighted by Gasteiger charge is -2.49. The zero-order valence-electron chi connectivity index (χ0n) is 23.9. The topological polar surface area (TPSA) is 147 Å². The molecule has 2 fully saturated rings. The maximum absolute atomic E-state index is 12.4. The van der Waals surface area contributed by atoms with Crippen LogP contribution in [0.25, 0.3) is 10.1 Å². The van der Waals surface area contributed by atoms with Gasteiger partial charge in [-0.3, -0.25) is 19.2 Å². The molecule has 2 aliphatic rings. The van der Waals surface area contributed by atoms with Crippen molar-refractivity contribution >= 4 is 45.3 Å². The van der Waals surface area contributed by atoms with E-state index in [9.17, 15) is 24.4 Å². The molecule has 2 bridgehead atoms. The number of esters is 4. The van der Waals surface area contributed by atoms with E-state index in [-0.39, 0.29) is 6.61 Å². The number of rotatable bonds is 8. The monoisotopic (exact) mass is 607 g/mol. The summed E-state index contributed by atoms with van der Waals surface area (Å²) < 4.78 is 36.2. The van der Waals surface area contributed by atoms with Crippen LogP contribution in [-0.4, -0.2) is 61.0 Å². The number of hydrogen-bond acceptors (Lipinski definition) is 12. The molecule has 3 heterocycles. The second-order valence-corrected chi connectivity index (χ2v) is 11.6. The van der Waals surface area contributed by atoms with Gasteiger partial charge in [-0.15, -0.1) is 11.3 Å². The smallest absolute Gasteiger partial charge is 0.303 e. The molecule has 0 amide bonds. The third-order valence-electron chi connectivity index (χ3n) is 7.25. The predicted octanol–water partition coefficient (Wildman–Crippen LogP) is 3.67. The summed E-state index contributed by atoms with van der Waals surface area (Å²) in [6, 6.07) is 17.2. The molecule has 11 nitrogen and oxygen atoms in total. The first-order valence-corrected chi connectivity index (χ1v) is 14.3. The molecule has 12 heteroatoms. The zero-order valence-corrected chi connectivity index (χ0v) is 24.7. The van der Waals surface area contributed by atoms with Gasteiger partial charge in [0, 0.05) is 49.3 Å². The van der Waals surface area contributed by atoms with Gasteiger partial charge < -0.3 is 28.4 Å². The number of thiophene rings is 1. The second kappa shape index (κ2) is 11.8. The first kappa shape index (κ1) is 30.2. The normalized spacial score (nSPS) is 25.9. The van der Waals surface area contributed by atoms with E-state index in [1.165, 1.54) is 13.8 Å². The Labute approximate surface area is 251 Å². The number of ether oxygens (including phenoxy) is 6. The van der Waals surface area contributed by atoms with Crippen LogP contribution in [0.5, 0.6) is 0 Å². The third kappa shape index (κ3) is 5.84. The molecule has 224 valence electrons. The lowest BCUT2D eigenvalue weighted by Crippen LogP contribution is -2.68. The Morgan fingerprint density at radius 3 is 2.28 bits per heavy atom. The van der Waals surface area contributed by atoms with Crippen LogP contribution in [0.2, 0.25) is 0 Å². The molecular weight excluding hydrogens is 578 g/mol. The van der Waals surface area contributed by atoms with E-state index in [2.05, 4.69) is 12.1 Å². The number of carbonyl (C=O) groups excluding carboxylic acids is 4. The third-order valence-corrected chi connectivity index (χ3v) is 8.37. The molecule has 3 aromatic rings. The fourth-order valence-electron chi connectivity index (χ4n) is 5.60. The summed E-state index contributed by atoms with van der Waals surface area (Å²) in [7, 11) is 0. The quantitative estimate of drug-likeness (QED) is 0.273. The van der Waals surface area contributed by atoms with Gasteiger partial charge in [-0.2, -0.15) is 5.26 Å². The van der Waals surface area contributed by atoms with Gasteiger partial charge in [0.05, 0.1) is 18.2 Å². The molecule has 0 unspecified atom stereocenters. The number of nitriles is 1. The summed E-state index contributed by atoms with van der Waals surface area (Å²) in [5.74, 6) is -4.74. The van der Waals surface area contributed by atoms with Crippen LogP contribution in [0, 0.1) is 11.3 Å². The van der Waals surface area contributed by atoms with Crippen molar-refractivity contribution in [3.05, 3.63) is 70.1 Å². The van der Waals surface area contributed by atoms with Crippen LogP contribution < -0.4 is 0 Å². The van der Waals surface area contributed by atoms with E-state index < -0.39 is 60.2 Å². The first-order valence-electron chi connectivity index (χ1n) is 13.5. The summed E-state index contributed by atoms with van der Waals surface area (Å²) >= 11 is 1.60. The van der Waals surface area contributed by atoms with Crippen LogP contribution in [0.1, 0.15) is 49.3 Å². The summed E-state index contributed by atoms with van der Waals surface area (Å²) in [6.07, 6.45) is -3.81. The molecule has 0 saturated carbocycles. The Morgan fingerprint density at radius 2 is 1.63 bits per heavy atom. The minimum atomic E-state index is -1.88. The van der Waals surface area contributed by atoms with Gasteiger partial charge in [-0.05, 0) is 35.2 Å². The Bertz CT molecular complexity index is 1610. The van der Waals surface area contributed by atoms with E-state index in [0.29, 0.717) is 23.1 Å². The van der Waals surface area contributed by atoms with Gasteiger partial charge in [0.2, 0.25) is 11.9 Å². The van der Waals surface area contributed by atoms with Gasteiger partial charge in [0.1, 0.15) is 6.61 Å². The lowest BCUT2D eigenvalue weighted by molar-refractivity contribution is -0.334. The number of hydrogen-bond donors (Lipinski definition) is 0. The minimum Gasteiger partial charge on any atom is -0.463 e. The Hall–Kier alpha value is -4.31. The molecule has 0 aliphatic carbocycles. The predicted molar refractivity (Wildman–Crippen MR) is 151 cm³/mol. The second-order valence-electron chi connectivity index (χ2n) is 10.4. The van der Waals surface area contributed by atoms with E-state index in [4.69, 9.17) is 28.4 Å². The molecule has 0 radical (unpaired) electrons. The molecule has 1 aromatic heterocycles. The van der Waals surface area contributed by atoms with E-state index in [1.54, 1.807) is 29.5 Å². The standard InChI is InChI=1S/C31H29NO10S/c1-17(33)37-15-30-16-38-31(42-30,29(41-20(4)36)27(39-18(2)34)28(30)40-19(3)35)24-10-9-22(14-32)23(11-24)13-25-12-21-7-5-6-8-26(21)43-25/h5-12,27-29H,13,15-16H2,1-4H3/t27-,28-,29+,30-,31-/m0/s1. The van der Waals surface area contributed by atoms with E-state index in [0.717, 1.165) is 28.8 Å². The summed E-state index contributed by atoms with van der Waals surface area (Å²) in [6.45, 7) is 3.99. The van der Waals surface area contributed by atoms with Crippen LogP contribution >= 0.6 is 11.3 Å². The average Bonchev–Trinajstić information content (AvgIpc) is 3.52. The lowest BCUT2D eigenvalue weighted by atomic mass is 9.82.